The van der Waals surface area contributed by atoms with E-state index >= 15 is 0 Å². The predicted octanol–water partition coefficient (Wildman–Crippen LogP) is -4.12. The molecule has 2 heterocycles. The molecule has 11 atom stereocenters. The third kappa shape index (κ3) is 8.61. The summed E-state index contributed by atoms with van der Waals surface area (Å²) in [5.74, 6) is -0.209. The van der Waals surface area contributed by atoms with Crippen molar-refractivity contribution in [1.29, 1.82) is 0 Å². The molecule has 3 rings (SSSR count). The number of hydrogen-bond acceptors (Lipinski definition) is 13. The molecule has 39 heavy (non-hydrogen) atoms. The summed E-state index contributed by atoms with van der Waals surface area (Å²) in [5.41, 5.74) is 30.8. The summed E-state index contributed by atoms with van der Waals surface area (Å²) in [7, 11) is 0. The third-order valence-corrected chi connectivity index (χ3v) is 7.35. The normalized spacial score (nSPS) is 36.0. The van der Waals surface area contributed by atoms with Gasteiger partial charge in [-0.25, -0.2) is 4.98 Å². The average Bonchev–Trinajstić information content (AvgIpc) is 3.42. The summed E-state index contributed by atoms with van der Waals surface area (Å²) in [6.07, 6.45) is -0.161. The molecule has 1 aromatic rings. The zero-order valence-corrected chi connectivity index (χ0v) is 22.2. The minimum Gasteiger partial charge on any atom is -0.389 e. The Hall–Kier alpha value is -1.76. The molecule has 2 fully saturated rings. The number of ether oxygens (including phenoxy) is 3. The van der Waals surface area contributed by atoms with Crippen molar-refractivity contribution in [2.45, 2.75) is 106 Å². The number of aliphatic hydroxyl groups is 3. The van der Waals surface area contributed by atoms with Gasteiger partial charge in [-0.2, -0.15) is 0 Å². The van der Waals surface area contributed by atoms with Gasteiger partial charge in [0.15, 0.2) is 6.29 Å². The first kappa shape index (κ1) is 31.8. The summed E-state index contributed by atoms with van der Waals surface area (Å²) < 4.78 is 17.7. The second kappa shape index (κ2) is 15.3. The Kier molecular flexibility index (Phi) is 12.5. The Bertz CT molecular complexity index is 850. The van der Waals surface area contributed by atoms with Crippen molar-refractivity contribution in [2.75, 3.05) is 19.7 Å². The minimum atomic E-state index is -1.31. The molecule has 1 amide bonds. The maximum Gasteiger partial charge on any atom is 0.237 e. The molecular weight excluding hydrogens is 512 g/mol. The highest BCUT2D eigenvalue weighted by molar-refractivity contribution is 5.81. The number of H-pyrrole nitrogens is 1. The smallest absolute Gasteiger partial charge is 0.237 e. The Morgan fingerprint density at radius 2 is 1.85 bits per heavy atom. The highest BCUT2D eigenvalue weighted by atomic mass is 16.7. The van der Waals surface area contributed by atoms with Gasteiger partial charge >= 0.3 is 0 Å². The first-order chi connectivity index (χ1) is 18.6. The van der Waals surface area contributed by atoms with Crippen LogP contribution >= 0.6 is 0 Å². The van der Waals surface area contributed by atoms with Gasteiger partial charge < -0.3 is 68.5 Å². The summed E-state index contributed by atoms with van der Waals surface area (Å²) in [6, 6.07) is -2.87. The van der Waals surface area contributed by atoms with Gasteiger partial charge in [-0.1, -0.05) is 12.8 Å². The zero-order chi connectivity index (χ0) is 28.5. The molecule has 15 heteroatoms. The van der Waals surface area contributed by atoms with Crippen LogP contribution in [0.15, 0.2) is 12.5 Å². The zero-order valence-electron chi connectivity index (χ0n) is 22.2. The number of nitrogens with two attached hydrogens (primary N) is 5. The van der Waals surface area contributed by atoms with Gasteiger partial charge in [-0.3, -0.25) is 4.79 Å². The number of aromatic nitrogens is 2. The van der Waals surface area contributed by atoms with Crippen molar-refractivity contribution in [2.24, 2.45) is 28.7 Å². The first-order valence-corrected chi connectivity index (χ1v) is 13.6. The van der Waals surface area contributed by atoms with Crippen LogP contribution in [0.25, 0.3) is 0 Å². The fourth-order valence-electron chi connectivity index (χ4n) is 4.93. The van der Waals surface area contributed by atoms with Crippen molar-refractivity contribution in [3.63, 3.8) is 0 Å². The van der Waals surface area contributed by atoms with E-state index in [0.717, 1.165) is 25.0 Å². The molecule has 2 aliphatic rings. The summed E-state index contributed by atoms with van der Waals surface area (Å²) >= 11 is 0. The number of aliphatic hydroxyl groups excluding tert-OH is 3. The van der Waals surface area contributed by atoms with Crippen LogP contribution < -0.4 is 34.0 Å². The van der Waals surface area contributed by atoms with E-state index in [1.54, 1.807) is 12.5 Å². The third-order valence-electron chi connectivity index (χ3n) is 7.35. The molecule has 1 aromatic heterocycles. The summed E-state index contributed by atoms with van der Waals surface area (Å²) in [6.45, 7) is 0.798. The number of rotatable bonds is 14. The van der Waals surface area contributed by atoms with Crippen molar-refractivity contribution >= 4 is 5.91 Å². The molecular formula is C24H46N8O7. The van der Waals surface area contributed by atoms with Gasteiger partial charge in [-0.05, 0) is 19.3 Å². The fraction of sp³-hybridized carbons (Fsp3) is 0.833. The average molecular weight is 559 g/mol. The molecule has 1 unspecified atom stereocenters. The van der Waals surface area contributed by atoms with Gasteiger partial charge in [0.25, 0.3) is 0 Å². The lowest BCUT2D eigenvalue weighted by atomic mass is 9.84. The van der Waals surface area contributed by atoms with Crippen molar-refractivity contribution < 1.29 is 34.3 Å². The van der Waals surface area contributed by atoms with Gasteiger partial charge in [0, 0.05) is 50.1 Å². The van der Waals surface area contributed by atoms with E-state index in [9.17, 15) is 20.1 Å². The van der Waals surface area contributed by atoms with Crippen LogP contribution in [0.5, 0.6) is 0 Å². The summed E-state index contributed by atoms with van der Waals surface area (Å²) in [4.78, 5) is 19.0. The van der Waals surface area contributed by atoms with Crippen molar-refractivity contribution in [1.82, 2.24) is 15.3 Å². The number of hydrogen-bond donors (Lipinski definition) is 10. The van der Waals surface area contributed by atoms with E-state index in [1.807, 2.05) is 0 Å². The second-order valence-electron chi connectivity index (χ2n) is 10.4. The van der Waals surface area contributed by atoms with Gasteiger partial charge in [0.2, 0.25) is 5.91 Å². The second-order valence-corrected chi connectivity index (χ2v) is 10.4. The van der Waals surface area contributed by atoms with Crippen LogP contribution in [0, 0.1) is 0 Å². The molecule has 15 N–H and O–H groups in total. The van der Waals surface area contributed by atoms with Crippen LogP contribution in [-0.2, 0) is 25.4 Å². The highest BCUT2D eigenvalue weighted by Gasteiger charge is 2.48. The number of imidazole rings is 1. The molecule has 224 valence electrons. The number of aromatic amines is 1. The predicted molar refractivity (Wildman–Crippen MR) is 141 cm³/mol. The molecule has 1 saturated heterocycles. The van der Waals surface area contributed by atoms with E-state index in [1.165, 1.54) is 0 Å². The van der Waals surface area contributed by atoms with E-state index in [2.05, 4.69) is 15.3 Å². The standard InChI is InChI=1S/C24H46N8O7/c25-9-16-19(34)20(35)17(29)24(38-16)39-21-14(27)8-13(26)18(33)22(21)37-6-4-2-1-3-5-31-23(36)15(28)7-12-10-30-11-32-12/h10-11,13-22,24,33-35H,1-9,25-29H2,(H,30,32)(H,31,36)/t13-,14+,15?,16-,17-,18+,19-,20-,21-,22-,24-/m1/s1. The molecule has 1 aliphatic carbocycles. The van der Waals surface area contributed by atoms with Crippen molar-refractivity contribution in [3.05, 3.63) is 18.2 Å². The van der Waals surface area contributed by atoms with Crippen LogP contribution in [-0.4, -0.2) is 118 Å². The number of unbranched alkanes of at least 4 members (excludes halogenated alkanes) is 3. The Balaban J connectivity index is 1.40. The van der Waals surface area contributed by atoms with E-state index in [4.69, 9.17) is 42.9 Å². The molecule has 0 aromatic carbocycles. The lowest BCUT2D eigenvalue weighted by Gasteiger charge is -2.46. The number of carbonyl (C=O) groups is 1. The molecule has 0 radical (unpaired) electrons. The lowest BCUT2D eigenvalue weighted by Crippen LogP contribution is -2.67. The SMILES string of the molecule is NC[C@H]1O[C@H](O[C@H]2[C@H](OCCCCCCNC(=O)C(N)Cc3cnc[nH]3)[C@@H](O)[C@H](N)C[C@@H]2N)[C@H](N)[C@@H](O)[C@@H]1O. The van der Waals surface area contributed by atoms with Crippen molar-refractivity contribution in [3.8, 4) is 0 Å². The molecule has 0 spiro atoms. The molecule has 15 nitrogen and oxygen atoms in total. The van der Waals surface area contributed by atoms with Gasteiger partial charge in [0.1, 0.15) is 30.5 Å². The first-order valence-electron chi connectivity index (χ1n) is 13.6. The number of carbonyl (C=O) groups excluding carboxylic acids is 1. The van der Waals surface area contributed by atoms with Crippen LogP contribution in [0.1, 0.15) is 37.8 Å². The Morgan fingerprint density at radius 3 is 2.54 bits per heavy atom. The van der Waals surface area contributed by atoms with E-state index in [-0.39, 0.29) is 18.9 Å². The quantitative estimate of drug-likeness (QED) is 0.0973. The van der Waals surface area contributed by atoms with Crippen LogP contribution in [0.3, 0.4) is 0 Å². The summed E-state index contributed by atoms with van der Waals surface area (Å²) in [5, 5.41) is 34.0. The number of nitrogens with one attached hydrogen (secondary N) is 2. The van der Waals surface area contributed by atoms with E-state index in [0.29, 0.717) is 26.0 Å². The molecule has 0 bridgehead atoms. The highest BCUT2D eigenvalue weighted by Crippen LogP contribution is 2.28. The maximum absolute atomic E-state index is 12.1. The Labute approximate surface area is 228 Å². The largest absolute Gasteiger partial charge is 0.389 e. The lowest BCUT2D eigenvalue weighted by molar-refractivity contribution is -0.291. The monoisotopic (exact) mass is 558 g/mol. The number of amides is 1. The minimum absolute atomic E-state index is 0.0450. The van der Waals surface area contributed by atoms with Gasteiger partial charge in [0.05, 0.1) is 24.5 Å². The fourth-order valence-corrected chi connectivity index (χ4v) is 4.93. The molecule has 1 saturated carbocycles. The Morgan fingerprint density at radius 1 is 1.10 bits per heavy atom. The van der Waals surface area contributed by atoms with Crippen LogP contribution in [0.2, 0.25) is 0 Å². The van der Waals surface area contributed by atoms with E-state index < -0.39 is 67.1 Å². The number of nitrogens with zero attached hydrogens (tertiary/aromatic N) is 1. The molecule has 1 aliphatic heterocycles. The maximum atomic E-state index is 12.1. The van der Waals surface area contributed by atoms with Crippen LogP contribution in [0.4, 0.5) is 0 Å². The van der Waals surface area contributed by atoms with Gasteiger partial charge in [-0.15, -0.1) is 0 Å². The topological polar surface area (TPSA) is 276 Å².